The zero-order valence-corrected chi connectivity index (χ0v) is 13.9. The predicted octanol–water partition coefficient (Wildman–Crippen LogP) is 5.03. The van der Waals surface area contributed by atoms with Gasteiger partial charge in [0.15, 0.2) is 0 Å². The zero-order chi connectivity index (χ0) is 14.3. The number of ether oxygens (including phenoxy) is 1. The Morgan fingerprint density at radius 1 is 1.00 bits per heavy atom. The molecule has 0 amide bonds. The summed E-state index contributed by atoms with van der Waals surface area (Å²) in [5.74, 6) is -0.302. The van der Waals surface area contributed by atoms with Gasteiger partial charge < -0.3 is 4.74 Å². The highest BCUT2D eigenvalue weighted by Crippen LogP contribution is 2.53. The van der Waals surface area contributed by atoms with Crippen molar-refractivity contribution in [3.8, 4) is 11.1 Å². The third-order valence-electron chi connectivity index (χ3n) is 3.58. The molecule has 0 bridgehead atoms. The summed E-state index contributed by atoms with van der Waals surface area (Å²) in [5, 5.41) is 0. The fourth-order valence-electron chi connectivity index (χ4n) is 2.66. The van der Waals surface area contributed by atoms with Gasteiger partial charge in [-0.1, -0.05) is 68.3 Å². The minimum atomic E-state index is -0.302. The average molecular weight is 396 g/mol. The van der Waals surface area contributed by atoms with Crippen LogP contribution in [0, 0.1) is 0 Å². The number of alkyl halides is 2. The topological polar surface area (TPSA) is 26.3 Å². The molecule has 2 atom stereocenters. The van der Waals surface area contributed by atoms with Gasteiger partial charge in [-0.15, -0.1) is 0 Å². The zero-order valence-electron chi connectivity index (χ0n) is 10.8. The first-order valence-electron chi connectivity index (χ1n) is 6.23. The number of methoxy groups -OCH3 is 1. The van der Waals surface area contributed by atoms with Crippen LogP contribution in [0.1, 0.15) is 31.1 Å². The number of rotatable bonds is 1. The van der Waals surface area contributed by atoms with Crippen LogP contribution < -0.4 is 0 Å². The van der Waals surface area contributed by atoms with Crippen LogP contribution in [0.4, 0.5) is 0 Å². The molecule has 3 rings (SSSR count). The molecule has 1 aliphatic carbocycles. The van der Waals surface area contributed by atoms with Gasteiger partial charge in [0.05, 0.1) is 22.3 Å². The second-order valence-corrected chi connectivity index (χ2v) is 6.63. The van der Waals surface area contributed by atoms with Gasteiger partial charge in [-0.25, -0.2) is 4.79 Å². The molecule has 0 spiro atoms. The normalized spacial score (nSPS) is 19.9. The standard InChI is InChI=1S/C16H12Br2O2/c1-20-16(19)12-8-4-7-11-13(12)9-5-2-3-6-10(9)14(17)15(11)18/h2-8,14-15H,1H3/t14-,15-/m1/s1. The summed E-state index contributed by atoms with van der Waals surface area (Å²) in [6.45, 7) is 0. The third-order valence-corrected chi connectivity index (χ3v) is 6.34. The first-order valence-corrected chi connectivity index (χ1v) is 8.07. The average Bonchev–Trinajstić information content (AvgIpc) is 2.51. The lowest BCUT2D eigenvalue weighted by atomic mass is 9.83. The lowest BCUT2D eigenvalue weighted by Crippen LogP contribution is -2.13. The van der Waals surface area contributed by atoms with Crippen molar-refractivity contribution in [1.82, 2.24) is 0 Å². The molecule has 0 N–H and O–H groups in total. The predicted molar refractivity (Wildman–Crippen MR) is 86.6 cm³/mol. The Bertz CT molecular complexity index is 682. The van der Waals surface area contributed by atoms with E-state index in [9.17, 15) is 4.79 Å². The maximum absolute atomic E-state index is 12.0. The van der Waals surface area contributed by atoms with Crippen molar-refractivity contribution in [2.45, 2.75) is 9.65 Å². The lowest BCUT2D eigenvalue weighted by Gasteiger charge is -2.30. The first kappa shape index (κ1) is 13.8. The van der Waals surface area contributed by atoms with Gasteiger partial charge in [0, 0.05) is 5.56 Å². The molecule has 0 unspecified atom stereocenters. The maximum Gasteiger partial charge on any atom is 0.338 e. The molecule has 1 aliphatic rings. The SMILES string of the molecule is COC(=O)c1cccc2c1-c1ccccc1[C@@H](Br)[C@@H]2Br. The van der Waals surface area contributed by atoms with Crippen LogP contribution >= 0.6 is 31.9 Å². The number of benzene rings is 2. The van der Waals surface area contributed by atoms with Crippen molar-refractivity contribution >= 4 is 37.8 Å². The van der Waals surface area contributed by atoms with Gasteiger partial charge in [-0.05, 0) is 22.8 Å². The maximum atomic E-state index is 12.0. The molecule has 0 fully saturated rings. The van der Waals surface area contributed by atoms with Crippen LogP contribution in [0.5, 0.6) is 0 Å². The number of carbonyl (C=O) groups is 1. The summed E-state index contributed by atoms with van der Waals surface area (Å²) in [6, 6.07) is 13.9. The molecule has 0 radical (unpaired) electrons. The molecule has 0 saturated heterocycles. The highest BCUT2D eigenvalue weighted by molar-refractivity contribution is 9.12. The largest absolute Gasteiger partial charge is 0.465 e. The fourth-order valence-corrected chi connectivity index (χ4v) is 4.01. The molecule has 2 nitrogen and oxygen atoms in total. The summed E-state index contributed by atoms with van der Waals surface area (Å²) in [5.41, 5.74) is 4.95. The van der Waals surface area contributed by atoms with E-state index in [0.717, 1.165) is 16.7 Å². The molecule has 0 aromatic heterocycles. The van der Waals surface area contributed by atoms with Crippen molar-refractivity contribution in [2.75, 3.05) is 7.11 Å². The summed E-state index contributed by atoms with van der Waals surface area (Å²) < 4.78 is 4.91. The van der Waals surface area contributed by atoms with Crippen molar-refractivity contribution in [3.63, 3.8) is 0 Å². The number of carbonyl (C=O) groups excluding carboxylic acids is 1. The summed E-state index contributed by atoms with van der Waals surface area (Å²) in [7, 11) is 1.41. The van der Waals surface area contributed by atoms with Crippen LogP contribution in [0.15, 0.2) is 42.5 Å². The monoisotopic (exact) mass is 394 g/mol. The van der Waals surface area contributed by atoms with Gasteiger partial charge in [0.2, 0.25) is 0 Å². The Hall–Kier alpha value is -1.13. The van der Waals surface area contributed by atoms with Crippen LogP contribution in [-0.2, 0) is 4.74 Å². The molecular weight excluding hydrogens is 384 g/mol. The minimum absolute atomic E-state index is 0.122. The molecule has 2 aromatic rings. The second kappa shape index (κ2) is 5.34. The third kappa shape index (κ3) is 2.02. The van der Waals surface area contributed by atoms with E-state index < -0.39 is 0 Å². The van der Waals surface area contributed by atoms with E-state index in [1.807, 2.05) is 36.4 Å². The van der Waals surface area contributed by atoms with Crippen LogP contribution in [-0.4, -0.2) is 13.1 Å². The highest BCUT2D eigenvalue weighted by atomic mass is 79.9. The number of hydrogen-bond donors (Lipinski definition) is 0. The Balaban J connectivity index is 2.34. The fraction of sp³-hybridized carbons (Fsp3) is 0.188. The van der Waals surface area contributed by atoms with E-state index >= 15 is 0 Å². The van der Waals surface area contributed by atoms with Crippen molar-refractivity contribution in [3.05, 3.63) is 59.2 Å². The van der Waals surface area contributed by atoms with Crippen molar-refractivity contribution in [1.29, 1.82) is 0 Å². The van der Waals surface area contributed by atoms with Crippen LogP contribution in [0.3, 0.4) is 0 Å². The van der Waals surface area contributed by atoms with Gasteiger partial charge >= 0.3 is 5.97 Å². The Kier molecular flexibility index (Phi) is 3.69. The van der Waals surface area contributed by atoms with Gasteiger partial charge in [0.25, 0.3) is 0 Å². The van der Waals surface area contributed by atoms with Crippen molar-refractivity contribution < 1.29 is 9.53 Å². The van der Waals surface area contributed by atoms with Gasteiger partial charge in [0.1, 0.15) is 0 Å². The summed E-state index contributed by atoms with van der Waals surface area (Å²) in [4.78, 5) is 12.3. The lowest BCUT2D eigenvalue weighted by molar-refractivity contribution is 0.0601. The number of fused-ring (bicyclic) bond motifs is 3. The molecule has 102 valence electrons. The van der Waals surface area contributed by atoms with E-state index in [2.05, 4.69) is 37.9 Å². The van der Waals surface area contributed by atoms with Gasteiger partial charge in [-0.3, -0.25) is 0 Å². The van der Waals surface area contributed by atoms with E-state index in [-0.39, 0.29) is 15.6 Å². The van der Waals surface area contributed by atoms with Gasteiger partial charge in [-0.2, -0.15) is 0 Å². The van der Waals surface area contributed by atoms with E-state index in [1.54, 1.807) is 0 Å². The van der Waals surface area contributed by atoms with Crippen molar-refractivity contribution in [2.24, 2.45) is 0 Å². The highest BCUT2D eigenvalue weighted by Gasteiger charge is 2.32. The van der Waals surface area contributed by atoms with Crippen LogP contribution in [0.2, 0.25) is 0 Å². The quantitative estimate of drug-likeness (QED) is 0.500. The smallest absolute Gasteiger partial charge is 0.338 e. The molecule has 4 heteroatoms. The van der Waals surface area contributed by atoms with Crippen LogP contribution in [0.25, 0.3) is 11.1 Å². The number of esters is 1. The second-order valence-electron chi connectivity index (χ2n) is 4.65. The van der Waals surface area contributed by atoms with E-state index in [0.29, 0.717) is 5.56 Å². The molecule has 0 heterocycles. The Morgan fingerprint density at radius 3 is 2.40 bits per heavy atom. The van der Waals surface area contributed by atoms with E-state index in [4.69, 9.17) is 4.74 Å². The van der Waals surface area contributed by atoms with E-state index in [1.165, 1.54) is 12.7 Å². The molecule has 2 aromatic carbocycles. The molecule has 0 saturated carbocycles. The Morgan fingerprint density at radius 2 is 1.65 bits per heavy atom. The first-order chi connectivity index (χ1) is 9.65. The molecular formula is C16H12Br2O2. The number of halogens is 2. The summed E-state index contributed by atoms with van der Waals surface area (Å²) in [6.07, 6.45) is 0. The molecule has 0 aliphatic heterocycles. The molecule has 20 heavy (non-hydrogen) atoms. The number of hydrogen-bond acceptors (Lipinski definition) is 2. The summed E-state index contributed by atoms with van der Waals surface area (Å²) >= 11 is 7.47. The minimum Gasteiger partial charge on any atom is -0.465 e. The Labute approximate surface area is 134 Å².